The van der Waals surface area contributed by atoms with E-state index >= 15 is 0 Å². The Morgan fingerprint density at radius 3 is 2.70 bits per heavy atom. The molecule has 2 fully saturated rings. The fraction of sp³-hybridized carbons (Fsp3) is 0.435. The number of rotatable bonds is 6. The van der Waals surface area contributed by atoms with Crippen LogP contribution in [0.2, 0.25) is 5.02 Å². The van der Waals surface area contributed by atoms with Crippen molar-refractivity contribution in [2.45, 2.75) is 46.6 Å². The summed E-state index contributed by atoms with van der Waals surface area (Å²) in [5, 5.41) is 18.1. The van der Waals surface area contributed by atoms with Crippen molar-refractivity contribution in [1.29, 1.82) is 0 Å². The van der Waals surface area contributed by atoms with Crippen LogP contribution in [0.25, 0.3) is 0 Å². The molecule has 1 heterocycles. The molecule has 2 bridgehead atoms. The zero-order valence-electron chi connectivity index (χ0n) is 18.5. The average Bonchev–Trinajstić information content (AvgIpc) is 3.40. The molecule has 33 heavy (non-hydrogen) atoms. The van der Waals surface area contributed by atoms with Crippen LogP contribution in [0.3, 0.4) is 0 Å². The highest BCUT2D eigenvalue weighted by Gasteiger charge is 2.71. The van der Waals surface area contributed by atoms with Gasteiger partial charge in [-0.1, -0.05) is 37.5 Å². The highest BCUT2D eigenvalue weighted by Crippen LogP contribution is 2.71. The average molecular weight is 474 g/mol. The van der Waals surface area contributed by atoms with Gasteiger partial charge in [-0.2, -0.15) is 0 Å². The van der Waals surface area contributed by atoms with Gasteiger partial charge in [0.1, 0.15) is 10.8 Å². The van der Waals surface area contributed by atoms with Crippen molar-refractivity contribution >= 4 is 34.9 Å². The molecule has 2 aliphatic carbocycles. The summed E-state index contributed by atoms with van der Waals surface area (Å²) in [7, 11) is 0. The SMILES string of the molecule is CC12CCC(C(=O)NCc3ccco3)(C/C1=N\OC(=O)c1ccc(Cl)c([N+](=O)[O-])c1)C2(C)C. The van der Waals surface area contributed by atoms with Gasteiger partial charge in [-0.05, 0) is 42.5 Å². The van der Waals surface area contributed by atoms with Gasteiger partial charge < -0.3 is 14.6 Å². The Morgan fingerprint density at radius 2 is 2.03 bits per heavy atom. The highest BCUT2D eigenvalue weighted by atomic mass is 35.5. The first kappa shape index (κ1) is 23.0. The molecule has 2 unspecified atom stereocenters. The van der Waals surface area contributed by atoms with Gasteiger partial charge in [0.15, 0.2) is 0 Å². The highest BCUT2D eigenvalue weighted by molar-refractivity contribution is 6.32. The number of furan rings is 1. The molecule has 4 rings (SSSR count). The number of halogens is 1. The lowest BCUT2D eigenvalue weighted by Crippen LogP contribution is -2.46. The van der Waals surface area contributed by atoms with E-state index in [9.17, 15) is 19.7 Å². The summed E-state index contributed by atoms with van der Waals surface area (Å²) in [6.45, 7) is 6.40. The summed E-state index contributed by atoms with van der Waals surface area (Å²) >= 11 is 5.81. The Balaban J connectivity index is 1.54. The Hall–Kier alpha value is -3.20. The quantitative estimate of drug-likeness (QED) is 0.362. The molecule has 0 spiro atoms. The third-order valence-electron chi connectivity index (χ3n) is 7.79. The van der Waals surface area contributed by atoms with Gasteiger partial charge in [-0.25, -0.2) is 4.79 Å². The normalized spacial score (nSPS) is 26.4. The van der Waals surface area contributed by atoms with E-state index in [4.69, 9.17) is 20.9 Å². The van der Waals surface area contributed by atoms with E-state index in [2.05, 4.69) is 10.5 Å². The second kappa shape index (κ2) is 7.98. The second-order valence-corrected chi connectivity index (χ2v) is 9.73. The van der Waals surface area contributed by atoms with Crippen LogP contribution >= 0.6 is 11.6 Å². The summed E-state index contributed by atoms with van der Waals surface area (Å²) < 4.78 is 5.31. The maximum absolute atomic E-state index is 13.3. The van der Waals surface area contributed by atoms with Crippen LogP contribution in [0, 0.1) is 26.4 Å². The minimum absolute atomic E-state index is 0.0334. The van der Waals surface area contributed by atoms with Crippen molar-refractivity contribution in [2.75, 3.05) is 0 Å². The number of nitrogens with zero attached hydrogens (tertiary/aromatic N) is 2. The molecular weight excluding hydrogens is 450 g/mol. The topological polar surface area (TPSA) is 124 Å². The van der Waals surface area contributed by atoms with E-state index < -0.39 is 27.1 Å². The lowest BCUT2D eigenvalue weighted by Gasteiger charge is -2.39. The fourth-order valence-electron chi connectivity index (χ4n) is 5.20. The van der Waals surface area contributed by atoms with Crippen LogP contribution in [0.4, 0.5) is 5.69 Å². The Labute approximate surface area is 195 Å². The number of hydrogen-bond acceptors (Lipinski definition) is 7. The van der Waals surface area contributed by atoms with Crippen LogP contribution < -0.4 is 5.32 Å². The van der Waals surface area contributed by atoms with Crippen molar-refractivity contribution in [3.63, 3.8) is 0 Å². The molecule has 0 aliphatic heterocycles. The summed E-state index contributed by atoms with van der Waals surface area (Å²) in [6.07, 6.45) is 3.32. The lowest BCUT2D eigenvalue weighted by molar-refractivity contribution is -0.384. The minimum atomic E-state index is -0.831. The molecule has 1 aromatic carbocycles. The Bertz CT molecular complexity index is 1160. The Morgan fingerprint density at radius 1 is 1.27 bits per heavy atom. The van der Waals surface area contributed by atoms with Gasteiger partial charge in [0, 0.05) is 17.9 Å². The van der Waals surface area contributed by atoms with E-state index in [1.165, 1.54) is 12.1 Å². The molecule has 10 heteroatoms. The first-order chi connectivity index (χ1) is 15.5. The van der Waals surface area contributed by atoms with Gasteiger partial charge in [-0.3, -0.25) is 14.9 Å². The number of nitro groups is 1. The maximum Gasteiger partial charge on any atom is 0.365 e. The van der Waals surface area contributed by atoms with E-state index in [1.54, 1.807) is 18.4 Å². The van der Waals surface area contributed by atoms with E-state index in [-0.39, 0.29) is 28.7 Å². The zero-order chi connectivity index (χ0) is 24.0. The van der Waals surface area contributed by atoms with Crippen LogP contribution in [-0.4, -0.2) is 22.5 Å². The van der Waals surface area contributed by atoms with Gasteiger partial charge in [0.2, 0.25) is 5.91 Å². The number of benzene rings is 1. The van der Waals surface area contributed by atoms with Gasteiger partial charge in [-0.15, -0.1) is 0 Å². The molecule has 2 atom stereocenters. The molecule has 174 valence electrons. The number of carbonyl (C=O) groups is 2. The Kier molecular flexibility index (Phi) is 5.56. The molecule has 2 aromatic rings. The smallest absolute Gasteiger partial charge is 0.365 e. The number of carbonyl (C=O) groups excluding carboxylic acids is 2. The first-order valence-electron chi connectivity index (χ1n) is 10.6. The standard InChI is InChI=1S/C23H24ClN3O6/c1-21(2)22(3)8-9-23(21,20(29)25-13-15-5-4-10-32-15)12-18(22)26-33-19(28)14-6-7-16(24)17(11-14)27(30)31/h4-7,10-11H,8-9,12-13H2,1-3H3,(H,25,29)/b26-18+. The molecule has 1 aromatic heterocycles. The molecule has 0 saturated heterocycles. The van der Waals surface area contributed by atoms with Gasteiger partial charge in [0.05, 0.1) is 34.4 Å². The zero-order valence-corrected chi connectivity index (χ0v) is 19.3. The molecule has 2 saturated carbocycles. The van der Waals surface area contributed by atoms with Crippen molar-refractivity contribution in [3.05, 3.63) is 63.1 Å². The number of fused-ring (bicyclic) bond motifs is 2. The maximum atomic E-state index is 13.3. The lowest BCUT2D eigenvalue weighted by atomic mass is 9.64. The second-order valence-electron chi connectivity index (χ2n) is 9.32. The molecule has 9 nitrogen and oxygen atoms in total. The number of hydrogen-bond donors (Lipinski definition) is 1. The molecule has 0 radical (unpaired) electrons. The molecular formula is C23H24ClN3O6. The number of amides is 1. The summed E-state index contributed by atoms with van der Waals surface area (Å²) in [4.78, 5) is 41.4. The molecule has 1 N–H and O–H groups in total. The van der Waals surface area contributed by atoms with Crippen molar-refractivity contribution in [3.8, 4) is 0 Å². The minimum Gasteiger partial charge on any atom is -0.467 e. The van der Waals surface area contributed by atoms with Crippen molar-refractivity contribution < 1.29 is 23.8 Å². The van der Waals surface area contributed by atoms with Crippen LogP contribution in [0.15, 0.2) is 46.2 Å². The van der Waals surface area contributed by atoms with E-state index in [0.717, 1.165) is 12.5 Å². The van der Waals surface area contributed by atoms with Gasteiger partial charge in [0.25, 0.3) is 5.69 Å². The fourth-order valence-corrected chi connectivity index (χ4v) is 5.39. The summed E-state index contributed by atoms with van der Waals surface area (Å²) in [6, 6.07) is 7.22. The third-order valence-corrected chi connectivity index (χ3v) is 8.11. The number of oxime groups is 1. The molecule has 1 amide bonds. The van der Waals surface area contributed by atoms with Crippen LogP contribution in [-0.2, 0) is 16.2 Å². The summed E-state index contributed by atoms with van der Waals surface area (Å²) in [5.41, 5.74) is -1.37. The molecule has 2 aliphatic rings. The van der Waals surface area contributed by atoms with Crippen LogP contribution in [0.5, 0.6) is 0 Å². The van der Waals surface area contributed by atoms with Crippen molar-refractivity contribution in [2.24, 2.45) is 21.4 Å². The predicted molar refractivity (Wildman–Crippen MR) is 120 cm³/mol. The van der Waals surface area contributed by atoms with E-state index in [1.807, 2.05) is 20.8 Å². The van der Waals surface area contributed by atoms with E-state index in [0.29, 0.717) is 24.3 Å². The first-order valence-corrected chi connectivity index (χ1v) is 10.9. The predicted octanol–water partition coefficient (Wildman–Crippen LogP) is 4.89. The number of nitrogens with one attached hydrogen (secondary N) is 1. The summed E-state index contributed by atoms with van der Waals surface area (Å²) in [5.74, 6) is -0.253. The van der Waals surface area contributed by atoms with Crippen LogP contribution in [0.1, 0.15) is 56.2 Å². The third kappa shape index (κ3) is 3.51. The largest absolute Gasteiger partial charge is 0.467 e. The number of nitro benzene ring substituents is 1. The monoisotopic (exact) mass is 473 g/mol. The van der Waals surface area contributed by atoms with Gasteiger partial charge >= 0.3 is 5.97 Å². The van der Waals surface area contributed by atoms with Crippen molar-refractivity contribution in [1.82, 2.24) is 5.32 Å².